The number of nitrogens with zero attached hydrogens (tertiary/aromatic N) is 4. The van der Waals surface area contributed by atoms with Gasteiger partial charge >= 0.3 is 0 Å². The first-order valence-corrected chi connectivity index (χ1v) is 10.1. The third-order valence-corrected chi connectivity index (χ3v) is 6.25. The lowest BCUT2D eigenvalue weighted by atomic mass is 10.2. The second-order valence-electron chi connectivity index (χ2n) is 6.51. The molecule has 150 valence electrons. The number of hydrogen-bond acceptors (Lipinski definition) is 7. The Bertz CT molecular complexity index is 929. The van der Waals surface area contributed by atoms with Crippen LogP contribution in [0, 0.1) is 0 Å². The molecule has 0 bridgehead atoms. The zero-order chi connectivity index (χ0) is 20.3. The van der Waals surface area contributed by atoms with Crippen LogP contribution in [0.2, 0.25) is 0 Å². The molecule has 1 saturated heterocycles. The quantitative estimate of drug-likeness (QED) is 0.706. The first-order chi connectivity index (χ1) is 13.3. The van der Waals surface area contributed by atoms with Crippen molar-refractivity contribution in [1.82, 2.24) is 19.4 Å². The Kier molecular flexibility index (Phi) is 5.80. The highest BCUT2D eigenvalue weighted by Crippen LogP contribution is 2.20. The van der Waals surface area contributed by atoms with E-state index in [4.69, 9.17) is 9.47 Å². The van der Waals surface area contributed by atoms with Crippen molar-refractivity contribution in [2.75, 3.05) is 34.3 Å². The van der Waals surface area contributed by atoms with Crippen molar-refractivity contribution in [3.05, 3.63) is 42.0 Å². The van der Waals surface area contributed by atoms with Gasteiger partial charge in [-0.3, -0.25) is 4.79 Å². The number of methoxy groups -OCH3 is 1. The average molecular weight is 406 g/mol. The van der Waals surface area contributed by atoms with Gasteiger partial charge in [0.2, 0.25) is 21.8 Å². The van der Waals surface area contributed by atoms with Crippen LogP contribution in [0.25, 0.3) is 0 Å². The number of carbonyl (C=O) groups is 1. The second kappa shape index (κ2) is 8.11. The second-order valence-corrected chi connectivity index (χ2v) is 8.66. The number of hydrogen-bond donors (Lipinski definition) is 0. The van der Waals surface area contributed by atoms with Gasteiger partial charge in [-0.1, -0.05) is 0 Å². The molecule has 10 heteroatoms. The van der Waals surface area contributed by atoms with E-state index in [1.807, 2.05) is 0 Å². The molecular formula is C18H22N4O5S. The van der Waals surface area contributed by atoms with Gasteiger partial charge in [-0.15, -0.1) is 10.2 Å². The van der Waals surface area contributed by atoms with Crippen molar-refractivity contribution in [3.8, 4) is 11.8 Å². The molecule has 0 N–H and O–H groups in total. The smallest absolute Gasteiger partial charge is 0.253 e. The number of aromatic nitrogens is 2. The van der Waals surface area contributed by atoms with Crippen LogP contribution in [-0.4, -0.2) is 74.1 Å². The molecule has 1 atom stereocenters. The van der Waals surface area contributed by atoms with Crippen LogP contribution in [0.1, 0.15) is 16.8 Å². The summed E-state index contributed by atoms with van der Waals surface area (Å²) in [5.41, 5.74) is 0.433. The van der Waals surface area contributed by atoms with Crippen molar-refractivity contribution in [1.29, 1.82) is 0 Å². The van der Waals surface area contributed by atoms with Gasteiger partial charge in [0.25, 0.3) is 5.91 Å². The number of ether oxygens (including phenoxy) is 2. The normalized spacial score (nSPS) is 17.0. The number of amides is 1. The Labute approximate surface area is 163 Å². The maximum Gasteiger partial charge on any atom is 0.253 e. The highest BCUT2D eigenvalue weighted by molar-refractivity contribution is 7.89. The molecule has 0 saturated carbocycles. The Morgan fingerprint density at radius 2 is 1.75 bits per heavy atom. The van der Waals surface area contributed by atoms with E-state index in [9.17, 15) is 13.2 Å². The molecule has 28 heavy (non-hydrogen) atoms. The van der Waals surface area contributed by atoms with E-state index in [2.05, 4.69) is 10.2 Å². The van der Waals surface area contributed by atoms with Crippen LogP contribution in [0.15, 0.2) is 41.3 Å². The summed E-state index contributed by atoms with van der Waals surface area (Å²) in [4.78, 5) is 14.5. The number of sulfonamides is 1. The fourth-order valence-electron chi connectivity index (χ4n) is 2.82. The summed E-state index contributed by atoms with van der Waals surface area (Å²) in [5, 5.41) is 7.78. The molecule has 1 amide bonds. The van der Waals surface area contributed by atoms with E-state index < -0.39 is 10.0 Å². The summed E-state index contributed by atoms with van der Waals surface area (Å²) < 4.78 is 36.1. The van der Waals surface area contributed by atoms with Gasteiger partial charge in [-0.25, -0.2) is 12.7 Å². The number of carbonyl (C=O) groups excluding carboxylic acids is 1. The average Bonchev–Trinajstić information content (AvgIpc) is 3.16. The number of rotatable bonds is 6. The minimum Gasteiger partial charge on any atom is -0.480 e. The highest BCUT2D eigenvalue weighted by atomic mass is 32.2. The zero-order valence-corrected chi connectivity index (χ0v) is 16.7. The van der Waals surface area contributed by atoms with Crippen molar-refractivity contribution >= 4 is 15.9 Å². The number of benzene rings is 1. The molecule has 0 spiro atoms. The zero-order valence-electron chi connectivity index (χ0n) is 15.9. The molecule has 2 heterocycles. The monoisotopic (exact) mass is 406 g/mol. The van der Waals surface area contributed by atoms with Crippen LogP contribution in [0.5, 0.6) is 11.8 Å². The van der Waals surface area contributed by atoms with Gasteiger partial charge in [0.05, 0.1) is 18.6 Å². The Hall–Kier alpha value is -2.72. The van der Waals surface area contributed by atoms with Gasteiger partial charge in [0.1, 0.15) is 6.10 Å². The van der Waals surface area contributed by atoms with Gasteiger partial charge in [-0.05, 0) is 24.3 Å². The molecule has 0 radical (unpaired) electrons. The fourth-order valence-corrected chi connectivity index (χ4v) is 3.72. The topological polar surface area (TPSA) is 102 Å². The lowest BCUT2D eigenvalue weighted by Gasteiger charge is -2.17. The van der Waals surface area contributed by atoms with E-state index in [1.165, 1.54) is 45.5 Å². The van der Waals surface area contributed by atoms with Gasteiger partial charge in [0, 0.05) is 44.8 Å². The SMILES string of the molecule is COc1ccc(OC2CCN(C(=O)c3ccc(S(=O)(=O)N(C)C)cc3)C2)nn1. The Balaban J connectivity index is 1.62. The molecule has 3 rings (SSSR count). The Morgan fingerprint density at radius 1 is 1.11 bits per heavy atom. The van der Waals surface area contributed by atoms with E-state index in [1.54, 1.807) is 17.0 Å². The third kappa shape index (κ3) is 4.23. The van der Waals surface area contributed by atoms with Gasteiger partial charge in [0.15, 0.2) is 0 Å². The van der Waals surface area contributed by atoms with Crippen molar-refractivity contribution in [3.63, 3.8) is 0 Å². The van der Waals surface area contributed by atoms with Crippen LogP contribution < -0.4 is 9.47 Å². The molecular weight excluding hydrogens is 384 g/mol. The van der Waals surface area contributed by atoms with Crippen LogP contribution >= 0.6 is 0 Å². The molecule has 1 aliphatic rings. The first-order valence-electron chi connectivity index (χ1n) is 8.67. The third-order valence-electron chi connectivity index (χ3n) is 4.42. The van der Waals surface area contributed by atoms with E-state index >= 15 is 0 Å². The van der Waals surface area contributed by atoms with Crippen molar-refractivity contribution in [2.45, 2.75) is 17.4 Å². The maximum atomic E-state index is 12.7. The summed E-state index contributed by atoms with van der Waals surface area (Å²) >= 11 is 0. The van der Waals surface area contributed by atoms with Crippen molar-refractivity contribution < 1.29 is 22.7 Å². The summed E-state index contributed by atoms with van der Waals surface area (Å²) in [7, 11) is 0.916. The molecule has 1 aromatic carbocycles. The Morgan fingerprint density at radius 3 is 2.32 bits per heavy atom. The molecule has 9 nitrogen and oxygen atoms in total. The predicted molar refractivity (Wildman–Crippen MR) is 101 cm³/mol. The molecule has 0 aliphatic carbocycles. The van der Waals surface area contributed by atoms with E-state index in [0.29, 0.717) is 36.8 Å². The maximum absolute atomic E-state index is 12.7. The van der Waals surface area contributed by atoms with Crippen LogP contribution in [0.4, 0.5) is 0 Å². The van der Waals surface area contributed by atoms with Crippen LogP contribution in [0.3, 0.4) is 0 Å². The first kappa shape index (κ1) is 20.0. The van der Waals surface area contributed by atoms with E-state index in [0.717, 1.165) is 4.31 Å². The molecule has 1 aromatic heterocycles. The predicted octanol–water partition coefficient (Wildman–Crippen LogP) is 1.03. The minimum atomic E-state index is -3.52. The number of likely N-dealkylation sites (tertiary alicyclic amines) is 1. The molecule has 1 aliphatic heterocycles. The standard InChI is InChI=1S/C18H22N4O5S/c1-21(2)28(24,25)15-6-4-13(5-7-15)18(23)22-11-10-14(12-22)27-17-9-8-16(26-3)19-20-17/h4-9,14H,10-12H2,1-3H3. The summed E-state index contributed by atoms with van der Waals surface area (Å²) in [5.74, 6) is 0.606. The fraction of sp³-hybridized carbons (Fsp3) is 0.389. The van der Waals surface area contributed by atoms with Crippen molar-refractivity contribution in [2.24, 2.45) is 0 Å². The largest absolute Gasteiger partial charge is 0.480 e. The lowest BCUT2D eigenvalue weighted by Crippen LogP contribution is -2.31. The molecule has 1 fully saturated rings. The van der Waals surface area contributed by atoms with Gasteiger partial charge in [-0.2, -0.15) is 0 Å². The summed E-state index contributed by atoms with van der Waals surface area (Å²) in [6, 6.07) is 9.27. The van der Waals surface area contributed by atoms with E-state index in [-0.39, 0.29) is 16.9 Å². The van der Waals surface area contributed by atoms with Gasteiger partial charge < -0.3 is 14.4 Å². The minimum absolute atomic E-state index is 0.148. The summed E-state index contributed by atoms with van der Waals surface area (Å²) in [6.07, 6.45) is 0.493. The lowest BCUT2D eigenvalue weighted by molar-refractivity contribution is 0.0771. The van der Waals surface area contributed by atoms with Crippen LogP contribution in [-0.2, 0) is 10.0 Å². The molecule has 2 aromatic rings. The summed E-state index contributed by atoms with van der Waals surface area (Å²) in [6.45, 7) is 0.967. The molecule has 1 unspecified atom stereocenters. The highest BCUT2D eigenvalue weighted by Gasteiger charge is 2.29.